The lowest BCUT2D eigenvalue weighted by molar-refractivity contribution is -0.148. The number of ether oxygens (including phenoxy) is 6. The highest BCUT2D eigenvalue weighted by atomic mass is 16.6. The van der Waals surface area contributed by atoms with Crippen molar-refractivity contribution in [3.63, 3.8) is 0 Å². The zero-order chi connectivity index (χ0) is 42.1. The second-order valence-corrected chi connectivity index (χ2v) is 18.0. The molecule has 14 nitrogen and oxygen atoms in total. The van der Waals surface area contributed by atoms with Crippen LogP contribution in [0.25, 0.3) is 11.1 Å². The molecule has 0 aliphatic carbocycles. The fourth-order valence-corrected chi connectivity index (χ4v) is 7.43. The summed E-state index contributed by atoms with van der Waals surface area (Å²) < 4.78 is 34.9. The van der Waals surface area contributed by atoms with Gasteiger partial charge in [-0.15, -0.1) is 0 Å². The molecule has 3 heterocycles. The second-order valence-electron chi connectivity index (χ2n) is 18.0. The highest BCUT2D eigenvalue weighted by molar-refractivity contribution is 6.01. The molecule has 14 heteroatoms. The second kappa shape index (κ2) is 16.4. The predicted molar refractivity (Wildman–Crippen MR) is 208 cm³/mol. The number of likely N-dealkylation sites (tertiary alicyclic amines) is 2. The molecule has 5 rings (SSSR count). The molecule has 2 amide bonds. The van der Waals surface area contributed by atoms with E-state index < -0.39 is 83.4 Å². The summed E-state index contributed by atoms with van der Waals surface area (Å²) >= 11 is 0. The lowest BCUT2D eigenvalue weighted by atomic mass is 9.92. The molecular weight excluding hydrogens is 736 g/mol. The minimum Gasteiger partial charge on any atom is -0.487 e. The summed E-state index contributed by atoms with van der Waals surface area (Å²) in [6.45, 7) is 17.7. The first kappa shape index (κ1) is 43.0. The van der Waals surface area contributed by atoms with E-state index in [1.54, 1.807) is 77.9 Å². The van der Waals surface area contributed by atoms with E-state index in [9.17, 15) is 28.8 Å². The van der Waals surface area contributed by atoms with Crippen molar-refractivity contribution in [3.05, 3.63) is 47.5 Å². The topological polar surface area (TPSA) is 164 Å². The Kier molecular flexibility index (Phi) is 12.4. The molecule has 2 atom stereocenters. The van der Waals surface area contributed by atoms with Gasteiger partial charge in [-0.05, 0) is 119 Å². The van der Waals surface area contributed by atoms with Gasteiger partial charge in [0.15, 0.2) is 24.8 Å². The van der Waals surface area contributed by atoms with Gasteiger partial charge in [-0.3, -0.25) is 19.4 Å². The molecule has 2 aromatic carbocycles. The molecule has 2 saturated heterocycles. The molecular formula is C43H56N2O12. The number of hydrogen-bond donors (Lipinski definition) is 0. The molecule has 0 saturated carbocycles. The molecule has 2 unspecified atom stereocenters. The van der Waals surface area contributed by atoms with Crippen LogP contribution in [0.4, 0.5) is 9.59 Å². The number of rotatable bonds is 8. The van der Waals surface area contributed by atoms with Gasteiger partial charge in [0.1, 0.15) is 46.0 Å². The average molecular weight is 793 g/mol. The third kappa shape index (κ3) is 11.0. The van der Waals surface area contributed by atoms with Crippen LogP contribution in [-0.2, 0) is 28.5 Å². The summed E-state index contributed by atoms with van der Waals surface area (Å²) in [6.07, 6.45) is 1.21. The highest BCUT2D eigenvalue weighted by Gasteiger charge is 2.40. The zero-order valence-electron chi connectivity index (χ0n) is 34.8. The molecule has 3 aliphatic heterocycles. The van der Waals surface area contributed by atoms with E-state index in [4.69, 9.17) is 28.4 Å². The summed E-state index contributed by atoms with van der Waals surface area (Å²) in [4.78, 5) is 81.1. The predicted octanol–water partition coefficient (Wildman–Crippen LogP) is 7.32. The Morgan fingerprint density at radius 3 is 1.35 bits per heavy atom. The Bertz CT molecular complexity index is 1770. The van der Waals surface area contributed by atoms with E-state index in [-0.39, 0.29) is 11.1 Å². The maximum atomic E-state index is 13.4. The van der Waals surface area contributed by atoms with Crippen molar-refractivity contribution in [1.82, 2.24) is 9.80 Å². The molecule has 2 aromatic rings. The summed E-state index contributed by atoms with van der Waals surface area (Å²) in [5.74, 6) is -1.53. The molecule has 3 aliphatic rings. The van der Waals surface area contributed by atoms with Crippen molar-refractivity contribution >= 4 is 35.7 Å². The van der Waals surface area contributed by atoms with E-state index in [1.807, 2.05) is 27.7 Å². The summed E-state index contributed by atoms with van der Waals surface area (Å²) in [5.41, 5.74) is -1.33. The van der Waals surface area contributed by atoms with E-state index in [0.717, 1.165) is 0 Å². The number of carbonyl (C=O) groups excluding carboxylic acids is 6. The van der Waals surface area contributed by atoms with Crippen molar-refractivity contribution in [2.24, 2.45) is 0 Å². The van der Waals surface area contributed by atoms with Crippen LogP contribution in [0, 0.1) is 0 Å². The molecule has 0 N–H and O–H groups in total. The fourth-order valence-electron chi connectivity index (χ4n) is 7.43. The minimum absolute atomic E-state index is 0.245. The quantitative estimate of drug-likeness (QED) is 0.149. The van der Waals surface area contributed by atoms with Crippen molar-refractivity contribution in [2.75, 3.05) is 26.3 Å². The van der Waals surface area contributed by atoms with Crippen LogP contribution in [0.2, 0.25) is 0 Å². The van der Waals surface area contributed by atoms with Gasteiger partial charge in [-0.2, -0.15) is 0 Å². The van der Waals surface area contributed by atoms with Crippen LogP contribution in [0.5, 0.6) is 11.5 Å². The molecule has 0 bridgehead atoms. The van der Waals surface area contributed by atoms with Gasteiger partial charge in [-0.1, -0.05) is 12.1 Å². The van der Waals surface area contributed by atoms with Crippen LogP contribution in [0.3, 0.4) is 0 Å². The maximum Gasteiger partial charge on any atom is 0.411 e. The molecule has 310 valence electrons. The lowest BCUT2D eigenvalue weighted by Crippen LogP contribution is -2.44. The number of carbonyl (C=O) groups is 6. The van der Waals surface area contributed by atoms with Gasteiger partial charge in [0.2, 0.25) is 0 Å². The normalized spacial score (nSPS) is 20.0. The Morgan fingerprint density at radius 1 is 0.632 bits per heavy atom. The van der Waals surface area contributed by atoms with E-state index >= 15 is 0 Å². The number of amides is 2. The highest BCUT2D eigenvalue weighted by Crippen LogP contribution is 2.44. The van der Waals surface area contributed by atoms with E-state index in [0.29, 0.717) is 67.8 Å². The fraction of sp³-hybridized carbons (Fsp3) is 0.581. The molecule has 2 fully saturated rings. The van der Waals surface area contributed by atoms with Crippen molar-refractivity contribution in [3.8, 4) is 22.6 Å². The van der Waals surface area contributed by atoms with Crippen molar-refractivity contribution in [2.45, 2.75) is 136 Å². The first-order valence-corrected chi connectivity index (χ1v) is 19.5. The third-order valence-electron chi connectivity index (χ3n) is 9.52. The first-order valence-electron chi connectivity index (χ1n) is 19.5. The minimum atomic E-state index is -0.846. The number of Topliss-reactive ketones (excluding diaryl/α,β-unsaturated/α-hetero) is 2. The third-order valence-corrected chi connectivity index (χ3v) is 9.52. The number of ketones is 2. The summed E-state index contributed by atoms with van der Waals surface area (Å²) in [7, 11) is 0. The molecule has 0 aromatic heterocycles. The smallest absolute Gasteiger partial charge is 0.411 e. The standard InChI is InChI=1S/C43H56N2O12/c1-40(2,3)56-38(50)44-19-11-13-30(44)36(48)52-23-32(46)26-15-17-28-29-18-16-27(22-35(29)55-43(9,10)25-42(7,8)54-34(28)21-26)33(47)24-53-37(49)31-14-12-20-45(31)39(51)57-41(4,5)6/h15-18,21-22,30-31H,11-14,19-20,23-25H2,1-10H3. The van der Waals surface area contributed by atoms with Gasteiger partial charge in [0.05, 0.1) is 0 Å². The van der Waals surface area contributed by atoms with Gasteiger partial charge >= 0.3 is 24.1 Å². The first-order chi connectivity index (χ1) is 26.4. The van der Waals surface area contributed by atoms with Crippen LogP contribution in [-0.4, -0.2) is 106 Å². The van der Waals surface area contributed by atoms with Crippen molar-refractivity contribution < 1.29 is 57.2 Å². The van der Waals surface area contributed by atoms with Crippen LogP contribution < -0.4 is 9.47 Å². The Labute approximate surface area is 334 Å². The number of benzene rings is 2. The Hall–Kier alpha value is -5.14. The van der Waals surface area contributed by atoms with Gasteiger partial charge < -0.3 is 28.4 Å². The molecule has 0 spiro atoms. The number of nitrogens with zero attached hydrogens (tertiary/aromatic N) is 2. The van der Waals surface area contributed by atoms with Crippen LogP contribution in [0.15, 0.2) is 36.4 Å². The number of fused-ring (bicyclic) bond motifs is 3. The van der Waals surface area contributed by atoms with Crippen LogP contribution >= 0.6 is 0 Å². The van der Waals surface area contributed by atoms with Gasteiger partial charge in [-0.25, -0.2) is 19.2 Å². The summed E-state index contributed by atoms with van der Waals surface area (Å²) in [6, 6.07) is 8.13. The number of hydrogen-bond acceptors (Lipinski definition) is 12. The average Bonchev–Trinajstić information content (AvgIpc) is 3.78. The molecule has 57 heavy (non-hydrogen) atoms. The van der Waals surface area contributed by atoms with Gasteiger partial charge in [0.25, 0.3) is 0 Å². The number of esters is 2. The SMILES string of the molecule is CC(C)(C)OC(=O)N1CCCC1C(=O)OCC(=O)c1ccc2c(c1)OC(C)(C)CC(C)(C)Oc1cc(C(=O)COC(=O)C3CCCN3C(=O)OC(C)(C)C)ccc1-2. The zero-order valence-corrected chi connectivity index (χ0v) is 34.8. The van der Waals surface area contributed by atoms with E-state index in [2.05, 4.69) is 0 Å². The van der Waals surface area contributed by atoms with Crippen molar-refractivity contribution in [1.29, 1.82) is 0 Å². The summed E-state index contributed by atoms with van der Waals surface area (Å²) in [5, 5.41) is 0. The largest absolute Gasteiger partial charge is 0.487 e. The van der Waals surface area contributed by atoms with E-state index in [1.165, 1.54) is 9.80 Å². The Balaban J connectivity index is 1.32. The lowest BCUT2D eigenvalue weighted by Gasteiger charge is -2.35. The van der Waals surface area contributed by atoms with Crippen LogP contribution in [0.1, 0.15) is 122 Å². The van der Waals surface area contributed by atoms with Gasteiger partial charge in [0, 0.05) is 41.8 Å². The monoisotopic (exact) mass is 792 g/mol. The maximum absolute atomic E-state index is 13.4. The Morgan fingerprint density at radius 2 is 1.00 bits per heavy atom. The molecule has 0 radical (unpaired) electrons.